The van der Waals surface area contributed by atoms with Gasteiger partial charge in [-0.1, -0.05) is 393 Å². The first-order valence-electron chi connectivity index (χ1n) is 44.8. The Bertz CT molecular complexity index is 2140. The molecule has 0 saturated carbocycles. The van der Waals surface area contributed by atoms with Crippen LogP contribution in [0.25, 0.3) is 0 Å². The van der Waals surface area contributed by atoms with E-state index in [0.717, 1.165) is 115 Å². The number of hydrogen-bond donors (Lipinski definition) is 3. The van der Waals surface area contributed by atoms with E-state index in [4.69, 9.17) is 37.0 Å². The molecule has 107 heavy (non-hydrogen) atoms. The SMILES string of the molecule is CCCCCC/C=C\C=C/CCCCCCCC(=O)O[C@H](COC(=O)CCCCCCCCC(C)C)COP(=O)(O)OC[C@H](O)COP(=O)(O)OC[C@@H](COC(=O)CCCCCCCCCCCCCCCCCCCCC(C)C)OC(=O)CCCCCCCCCCCCCCCCCCCCCCCC. The highest BCUT2D eigenvalue weighted by Gasteiger charge is 2.30. The van der Waals surface area contributed by atoms with Crippen molar-refractivity contribution in [3.63, 3.8) is 0 Å². The van der Waals surface area contributed by atoms with Crippen LogP contribution in [-0.2, 0) is 65.4 Å². The molecule has 632 valence electrons. The molecular formula is C88H168O17P2. The number of unbranched alkanes of at least 4 members (excludes halogenated alkanes) is 52. The highest BCUT2D eigenvalue weighted by Crippen LogP contribution is 2.45. The van der Waals surface area contributed by atoms with Gasteiger partial charge in [0.1, 0.15) is 19.3 Å². The van der Waals surface area contributed by atoms with Crippen molar-refractivity contribution in [1.82, 2.24) is 0 Å². The molecule has 3 N–H and O–H groups in total. The number of hydrogen-bond acceptors (Lipinski definition) is 15. The van der Waals surface area contributed by atoms with E-state index in [2.05, 4.69) is 65.8 Å². The summed E-state index contributed by atoms with van der Waals surface area (Å²) in [4.78, 5) is 73.2. The van der Waals surface area contributed by atoms with E-state index < -0.39 is 97.5 Å². The molecule has 0 bridgehead atoms. The van der Waals surface area contributed by atoms with Crippen molar-refractivity contribution in [2.75, 3.05) is 39.6 Å². The summed E-state index contributed by atoms with van der Waals surface area (Å²) in [5.74, 6) is -0.637. The third-order valence-electron chi connectivity index (χ3n) is 20.1. The second kappa shape index (κ2) is 78.8. The van der Waals surface area contributed by atoms with Crippen LogP contribution in [0.3, 0.4) is 0 Å². The Labute approximate surface area is 656 Å². The van der Waals surface area contributed by atoms with Crippen LogP contribution in [0, 0.1) is 11.8 Å². The van der Waals surface area contributed by atoms with Crippen molar-refractivity contribution in [3.05, 3.63) is 24.3 Å². The van der Waals surface area contributed by atoms with E-state index in [1.165, 1.54) is 244 Å². The third-order valence-corrected chi connectivity index (χ3v) is 22.0. The minimum absolute atomic E-state index is 0.0843. The Kier molecular flexibility index (Phi) is 77.0. The minimum Gasteiger partial charge on any atom is -0.462 e. The lowest BCUT2D eigenvalue weighted by Crippen LogP contribution is -2.30. The van der Waals surface area contributed by atoms with E-state index >= 15 is 0 Å². The second-order valence-corrected chi connectivity index (χ2v) is 34.8. The molecule has 17 nitrogen and oxygen atoms in total. The number of carbonyl (C=O) groups is 4. The smallest absolute Gasteiger partial charge is 0.462 e. The zero-order valence-electron chi connectivity index (χ0n) is 69.9. The van der Waals surface area contributed by atoms with Gasteiger partial charge in [0.15, 0.2) is 12.2 Å². The fourth-order valence-corrected chi connectivity index (χ4v) is 14.8. The number of rotatable bonds is 85. The molecule has 0 rings (SSSR count). The van der Waals surface area contributed by atoms with Crippen LogP contribution in [0.15, 0.2) is 24.3 Å². The first-order chi connectivity index (χ1) is 51.9. The second-order valence-electron chi connectivity index (χ2n) is 31.9. The standard InChI is InChI=1S/C88H168O17P2/c1-7-9-11-13-15-17-19-21-23-24-25-26-27-28-33-37-41-45-49-53-61-67-72-87(92)104-83(76-98-85(90)70-64-58-51-47-43-39-36-32-30-29-31-35-38-42-46-50-56-62-68-80(3)4)78-102-106(94,95)100-74-82(89)75-101-107(96,97)103-79-84(77-99-86(91)71-65-59-55-54-57-63-69-81(5)6)105-88(93)73-66-60-52-48-44-40-34-22-20-18-16-14-12-10-8-2/h18,20,22,34,80-84,89H,7-17,19,21,23-33,35-79H2,1-6H3,(H,94,95)(H,96,97)/b20-18-,34-22-/t82-,83-,84-/m1/s1. The van der Waals surface area contributed by atoms with Crippen LogP contribution in [0.5, 0.6) is 0 Å². The fraction of sp³-hybridized carbons (Fsp3) is 0.909. The summed E-state index contributed by atoms with van der Waals surface area (Å²) in [7, 11) is -9.94. The van der Waals surface area contributed by atoms with Gasteiger partial charge >= 0.3 is 39.5 Å². The van der Waals surface area contributed by atoms with Crippen LogP contribution >= 0.6 is 15.6 Å². The van der Waals surface area contributed by atoms with E-state index in [-0.39, 0.29) is 25.7 Å². The predicted molar refractivity (Wildman–Crippen MR) is 441 cm³/mol. The van der Waals surface area contributed by atoms with E-state index in [1.54, 1.807) is 0 Å². The lowest BCUT2D eigenvalue weighted by molar-refractivity contribution is -0.161. The fourth-order valence-electron chi connectivity index (χ4n) is 13.2. The number of phosphoric ester groups is 2. The van der Waals surface area contributed by atoms with Gasteiger partial charge in [-0.15, -0.1) is 0 Å². The van der Waals surface area contributed by atoms with Gasteiger partial charge in [-0.25, -0.2) is 9.13 Å². The number of allylic oxidation sites excluding steroid dienone is 4. The lowest BCUT2D eigenvalue weighted by Gasteiger charge is -2.21. The van der Waals surface area contributed by atoms with Crippen LogP contribution in [0.2, 0.25) is 0 Å². The Balaban J connectivity index is 5.22. The quantitative estimate of drug-likeness (QED) is 0.0169. The average molecular weight is 1560 g/mol. The van der Waals surface area contributed by atoms with Crippen molar-refractivity contribution in [2.45, 2.75) is 464 Å². The summed E-state index contributed by atoms with van der Waals surface area (Å²) < 4.78 is 68.8. The van der Waals surface area contributed by atoms with Gasteiger partial charge in [-0.2, -0.15) is 0 Å². The van der Waals surface area contributed by atoms with Crippen molar-refractivity contribution >= 4 is 39.5 Å². The molecule has 19 heteroatoms. The normalized spacial score (nSPS) is 13.9. The molecule has 0 aliphatic carbocycles. The van der Waals surface area contributed by atoms with Crippen molar-refractivity contribution in [2.24, 2.45) is 11.8 Å². The highest BCUT2D eigenvalue weighted by atomic mass is 31.2. The van der Waals surface area contributed by atoms with Crippen LogP contribution in [0.1, 0.15) is 446 Å². The molecule has 0 radical (unpaired) electrons. The number of aliphatic hydroxyl groups is 1. The maximum Gasteiger partial charge on any atom is 0.472 e. The molecule has 5 atom stereocenters. The zero-order valence-corrected chi connectivity index (χ0v) is 71.7. The largest absolute Gasteiger partial charge is 0.472 e. The Morgan fingerprint density at radius 1 is 0.290 bits per heavy atom. The zero-order chi connectivity index (χ0) is 78.5. The van der Waals surface area contributed by atoms with Crippen LogP contribution < -0.4 is 0 Å². The Hall–Kier alpha value is -2.46. The van der Waals surface area contributed by atoms with Gasteiger partial charge in [-0.3, -0.25) is 37.3 Å². The van der Waals surface area contributed by atoms with Crippen molar-refractivity contribution in [3.8, 4) is 0 Å². The minimum atomic E-state index is -4.97. The number of ether oxygens (including phenoxy) is 4. The molecule has 0 aromatic rings. The summed E-state index contributed by atoms with van der Waals surface area (Å²) in [5, 5.41) is 10.7. The molecule has 0 spiro atoms. The molecule has 2 unspecified atom stereocenters. The molecule has 0 aliphatic heterocycles. The van der Waals surface area contributed by atoms with E-state index in [0.29, 0.717) is 31.6 Å². The van der Waals surface area contributed by atoms with E-state index in [1.807, 2.05) is 0 Å². The number of aliphatic hydroxyl groups excluding tert-OH is 1. The number of phosphoric acid groups is 2. The molecule has 0 saturated heterocycles. The first-order valence-corrected chi connectivity index (χ1v) is 47.8. The average Bonchev–Trinajstić information content (AvgIpc) is 0.906. The topological polar surface area (TPSA) is 237 Å². The van der Waals surface area contributed by atoms with Crippen LogP contribution in [-0.4, -0.2) is 96.7 Å². The maximum absolute atomic E-state index is 13.2. The van der Waals surface area contributed by atoms with Gasteiger partial charge in [0, 0.05) is 25.7 Å². The summed E-state index contributed by atoms with van der Waals surface area (Å²) in [6.07, 6.45) is 74.8. The number of carbonyl (C=O) groups excluding carboxylic acids is 4. The van der Waals surface area contributed by atoms with Crippen LogP contribution in [0.4, 0.5) is 0 Å². The molecule has 0 aromatic carbocycles. The van der Waals surface area contributed by atoms with Gasteiger partial charge in [-0.05, 0) is 63.2 Å². The third kappa shape index (κ3) is 81.4. The molecule has 0 fully saturated rings. The highest BCUT2D eigenvalue weighted by molar-refractivity contribution is 7.47. The predicted octanol–water partition coefficient (Wildman–Crippen LogP) is 26.6. The molecule has 0 amide bonds. The molecule has 0 aromatic heterocycles. The Morgan fingerprint density at radius 3 is 0.766 bits per heavy atom. The summed E-state index contributed by atoms with van der Waals surface area (Å²) in [6, 6.07) is 0. The van der Waals surface area contributed by atoms with Gasteiger partial charge in [0.2, 0.25) is 0 Å². The molecular weight excluding hydrogens is 1390 g/mol. The van der Waals surface area contributed by atoms with Crippen molar-refractivity contribution < 1.29 is 80.2 Å². The van der Waals surface area contributed by atoms with Crippen molar-refractivity contribution in [1.29, 1.82) is 0 Å². The number of esters is 4. The summed E-state index contributed by atoms with van der Waals surface area (Å²) >= 11 is 0. The summed E-state index contributed by atoms with van der Waals surface area (Å²) in [6.45, 7) is 9.55. The van der Waals surface area contributed by atoms with Gasteiger partial charge in [0.25, 0.3) is 0 Å². The lowest BCUT2D eigenvalue weighted by atomic mass is 10.0. The van der Waals surface area contributed by atoms with Gasteiger partial charge in [0.05, 0.1) is 26.4 Å². The molecule has 0 aliphatic rings. The summed E-state index contributed by atoms with van der Waals surface area (Å²) in [5.41, 5.74) is 0. The van der Waals surface area contributed by atoms with E-state index in [9.17, 15) is 43.2 Å². The molecule has 0 heterocycles. The maximum atomic E-state index is 13.2. The first kappa shape index (κ1) is 105. The van der Waals surface area contributed by atoms with Gasteiger partial charge < -0.3 is 33.8 Å². The monoisotopic (exact) mass is 1560 g/mol. The Morgan fingerprint density at radius 2 is 0.505 bits per heavy atom.